The summed E-state index contributed by atoms with van der Waals surface area (Å²) < 4.78 is 38.3. The summed E-state index contributed by atoms with van der Waals surface area (Å²) >= 11 is 0. The molecule has 0 aromatic rings. The molecule has 1 fully saturated rings. The van der Waals surface area contributed by atoms with Gasteiger partial charge in [0.1, 0.15) is 0 Å². The van der Waals surface area contributed by atoms with E-state index in [4.69, 9.17) is 0 Å². The third kappa shape index (κ3) is 5.84. The largest absolute Gasteiger partial charge is 0.417 e. The number of halogens is 3. The van der Waals surface area contributed by atoms with Crippen molar-refractivity contribution >= 4 is 6.03 Å². The first kappa shape index (κ1) is 20.0. The van der Waals surface area contributed by atoms with Crippen LogP contribution in [0.1, 0.15) is 33.1 Å². The maximum Gasteiger partial charge on any atom is 0.417 e. The molecule has 0 bridgehead atoms. The molecular weight excluding hydrogens is 311 g/mol. The topological polar surface area (TPSA) is 55.8 Å². The highest BCUT2D eigenvalue weighted by atomic mass is 19.4. The van der Waals surface area contributed by atoms with E-state index in [1.54, 1.807) is 0 Å². The third-order valence-electron chi connectivity index (χ3n) is 4.07. The van der Waals surface area contributed by atoms with Gasteiger partial charge in [-0.15, -0.1) is 0 Å². The first-order valence-electron chi connectivity index (χ1n) is 7.94. The average Bonchev–Trinajstić information content (AvgIpc) is 2.36. The van der Waals surface area contributed by atoms with Crippen molar-refractivity contribution in [3.05, 3.63) is 0 Å². The highest BCUT2D eigenvalue weighted by molar-refractivity contribution is 5.74. The number of rotatable bonds is 5. The van der Waals surface area contributed by atoms with Crippen LogP contribution in [0.15, 0.2) is 0 Å². The second kappa shape index (κ2) is 7.70. The summed E-state index contributed by atoms with van der Waals surface area (Å²) in [4.78, 5) is 15.6. The lowest BCUT2D eigenvalue weighted by atomic mass is 9.91. The van der Waals surface area contributed by atoms with Crippen LogP contribution in [0.5, 0.6) is 0 Å². The van der Waals surface area contributed by atoms with E-state index in [1.165, 1.54) is 4.90 Å². The molecule has 8 heteroatoms. The highest BCUT2D eigenvalue weighted by Gasteiger charge is 2.54. The van der Waals surface area contributed by atoms with Crippen molar-refractivity contribution in [2.75, 3.05) is 33.7 Å². The standard InChI is InChI=1S/C15H28F3N3O2/c1-11(2)9-12(10-20(3)4)19-13(22)21-7-5-14(23,6-8-21)15(16,17)18/h11-12,23H,5-10H2,1-4H3,(H,19,22). The third-order valence-corrected chi connectivity index (χ3v) is 4.07. The lowest BCUT2D eigenvalue weighted by molar-refractivity contribution is -0.271. The SMILES string of the molecule is CC(C)CC(CN(C)C)NC(=O)N1CCC(O)(C(F)(F)F)CC1. The van der Waals surface area contributed by atoms with Crippen molar-refractivity contribution in [2.45, 2.75) is 50.9 Å². The van der Waals surface area contributed by atoms with E-state index in [0.717, 1.165) is 6.42 Å². The summed E-state index contributed by atoms with van der Waals surface area (Å²) in [6.07, 6.45) is -4.82. The van der Waals surface area contributed by atoms with Gasteiger partial charge in [-0.05, 0) is 26.4 Å². The molecule has 1 aliphatic heterocycles. The van der Waals surface area contributed by atoms with Gasteiger partial charge >= 0.3 is 12.2 Å². The van der Waals surface area contributed by atoms with Crippen LogP contribution in [0.3, 0.4) is 0 Å². The second-order valence-electron chi connectivity index (χ2n) is 7.05. The Kier molecular flexibility index (Phi) is 6.70. The molecule has 136 valence electrons. The van der Waals surface area contributed by atoms with Gasteiger partial charge in [0.25, 0.3) is 0 Å². The van der Waals surface area contributed by atoms with Crippen LogP contribution >= 0.6 is 0 Å². The minimum absolute atomic E-state index is 0.0547. The van der Waals surface area contributed by atoms with Crippen molar-refractivity contribution in [3.8, 4) is 0 Å². The van der Waals surface area contributed by atoms with Crippen LogP contribution in [0.25, 0.3) is 0 Å². The Morgan fingerprint density at radius 2 is 1.83 bits per heavy atom. The summed E-state index contributed by atoms with van der Waals surface area (Å²) in [6, 6.07) is -0.414. The zero-order chi connectivity index (χ0) is 17.8. The van der Waals surface area contributed by atoms with Gasteiger partial charge in [0.15, 0.2) is 5.60 Å². The molecule has 1 aliphatic rings. The Bertz CT molecular complexity index is 382. The molecular formula is C15H28F3N3O2. The Labute approximate surface area is 135 Å². The number of piperidine rings is 1. The molecule has 5 nitrogen and oxygen atoms in total. The minimum atomic E-state index is -4.65. The Balaban J connectivity index is 2.58. The van der Waals surface area contributed by atoms with Crippen LogP contribution in [0.4, 0.5) is 18.0 Å². The van der Waals surface area contributed by atoms with Gasteiger partial charge in [-0.1, -0.05) is 13.8 Å². The zero-order valence-electron chi connectivity index (χ0n) is 14.3. The molecule has 1 heterocycles. The van der Waals surface area contributed by atoms with Crippen molar-refractivity contribution in [2.24, 2.45) is 5.92 Å². The number of hydrogen-bond acceptors (Lipinski definition) is 3. The predicted octanol–water partition coefficient (Wildman–Crippen LogP) is 2.06. The van der Waals surface area contributed by atoms with Gasteiger partial charge in [-0.2, -0.15) is 13.2 Å². The van der Waals surface area contributed by atoms with Gasteiger partial charge in [-0.3, -0.25) is 0 Å². The van der Waals surface area contributed by atoms with Crippen LogP contribution in [0.2, 0.25) is 0 Å². The monoisotopic (exact) mass is 339 g/mol. The molecule has 2 amide bonds. The number of likely N-dealkylation sites (N-methyl/N-ethyl adjacent to an activating group) is 1. The predicted molar refractivity (Wildman–Crippen MR) is 82.1 cm³/mol. The van der Waals surface area contributed by atoms with E-state index >= 15 is 0 Å². The molecule has 2 N–H and O–H groups in total. The first-order chi connectivity index (χ1) is 10.4. The molecule has 1 atom stereocenters. The smallest absolute Gasteiger partial charge is 0.380 e. The van der Waals surface area contributed by atoms with E-state index in [2.05, 4.69) is 19.2 Å². The number of aliphatic hydroxyl groups is 1. The maximum atomic E-state index is 12.8. The molecule has 0 spiro atoms. The first-order valence-corrected chi connectivity index (χ1v) is 7.94. The number of urea groups is 1. The molecule has 0 aromatic carbocycles. The number of nitrogens with one attached hydrogen (secondary N) is 1. The lowest BCUT2D eigenvalue weighted by Gasteiger charge is -2.39. The van der Waals surface area contributed by atoms with Gasteiger partial charge in [0.05, 0.1) is 0 Å². The summed E-state index contributed by atoms with van der Waals surface area (Å²) in [7, 11) is 3.81. The summed E-state index contributed by atoms with van der Waals surface area (Å²) in [5, 5.41) is 12.5. The normalized spacial score (nSPS) is 20.0. The Hall–Kier alpha value is -1.02. The van der Waals surface area contributed by atoms with Crippen molar-refractivity contribution < 1.29 is 23.1 Å². The number of carbonyl (C=O) groups is 1. The number of alkyl halides is 3. The molecule has 23 heavy (non-hydrogen) atoms. The minimum Gasteiger partial charge on any atom is -0.380 e. The quantitative estimate of drug-likeness (QED) is 0.806. The molecule has 0 aromatic heterocycles. The summed E-state index contributed by atoms with van der Waals surface area (Å²) in [5.41, 5.74) is -2.68. The molecule has 0 radical (unpaired) electrons. The summed E-state index contributed by atoms with van der Waals surface area (Å²) in [6.45, 7) is 4.58. The van der Waals surface area contributed by atoms with Crippen LogP contribution in [-0.2, 0) is 0 Å². The fourth-order valence-electron chi connectivity index (χ4n) is 2.82. The van der Waals surface area contributed by atoms with E-state index in [9.17, 15) is 23.1 Å². The van der Waals surface area contributed by atoms with Crippen LogP contribution in [-0.4, -0.2) is 72.5 Å². The number of likely N-dealkylation sites (tertiary alicyclic amines) is 1. The van der Waals surface area contributed by atoms with E-state index in [-0.39, 0.29) is 25.2 Å². The van der Waals surface area contributed by atoms with Gasteiger partial charge in [0.2, 0.25) is 0 Å². The van der Waals surface area contributed by atoms with Gasteiger partial charge in [-0.25, -0.2) is 4.79 Å². The number of hydrogen-bond donors (Lipinski definition) is 2. The number of nitrogens with zero attached hydrogens (tertiary/aromatic N) is 2. The molecule has 1 saturated heterocycles. The van der Waals surface area contributed by atoms with E-state index in [1.807, 2.05) is 19.0 Å². The fourth-order valence-corrected chi connectivity index (χ4v) is 2.82. The molecule has 0 aliphatic carbocycles. The fraction of sp³-hybridized carbons (Fsp3) is 0.933. The maximum absolute atomic E-state index is 12.8. The van der Waals surface area contributed by atoms with Crippen molar-refractivity contribution in [3.63, 3.8) is 0 Å². The van der Waals surface area contributed by atoms with Gasteiger partial charge < -0.3 is 20.2 Å². The Morgan fingerprint density at radius 3 is 2.22 bits per heavy atom. The highest BCUT2D eigenvalue weighted by Crippen LogP contribution is 2.38. The average molecular weight is 339 g/mol. The Morgan fingerprint density at radius 1 is 1.30 bits per heavy atom. The van der Waals surface area contributed by atoms with Crippen LogP contribution in [0, 0.1) is 5.92 Å². The second-order valence-corrected chi connectivity index (χ2v) is 7.05. The molecule has 0 saturated carbocycles. The van der Waals surface area contributed by atoms with Crippen molar-refractivity contribution in [1.82, 2.24) is 15.1 Å². The zero-order valence-corrected chi connectivity index (χ0v) is 14.3. The van der Waals surface area contributed by atoms with E-state index < -0.39 is 24.6 Å². The molecule has 1 rings (SSSR count). The van der Waals surface area contributed by atoms with E-state index in [0.29, 0.717) is 12.5 Å². The van der Waals surface area contributed by atoms with Crippen molar-refractivity contribution in [1.29, 1.82) is 0 Å². The summed E-state index contributed by atoms with van der Waals surface area (Å²) in [5.74, 6) is 0.400. The lowest BCUT2D eigenvalue weighted by Crippen LogP contribution is -2.57. The number of amides is 2. The van der Waals surface area contributed by atoms with Gasteiger partial charge in [0, 0.05) is 38.5 Å². The van der Waals surface area contributed by atoms with Crippen LogP contribution < -0.4 is 5.32 Å². The number of carbonyl (C=O) groups excluding carboxylic acids is 1. The molecule has 1 unspecified atom stereocenters.